The van der Waals surface area contributed by atoms with Crippen LogP contribution in [0, 0.1) is 5.82 Å². The first-order chi connectivity index (χ1) is 10.6. The fourth-order valence-corrected chi connectivity index (χ4v) is 2.16. The van der Waals surface area contributed by atoms with E-state index < -0.39 is 11.8 Å². The van der Waals surface area contributed by atoms with Gasteiger partial charge >= 0.3 is 6.03 Å². The zero-order chi connectivity index (χ0) is 15.5. The molecule has 0 unspecified atom stereocenters. The summed E-state index contributed by atoms with van der Waals surface area (Å²) in [5.74, 6) is 0.812. The van der Waals surface area contributed by atoms with E-state index in [0.717, 1.165) is 5.56 Å². The van der Waals surface area contributed by atoms with E-state index in [-0.39, 0.29) is 11.8 Å². The van der Waals surface area contributed by atoms with Gasteiger partial charge in [-0.3, -0.25) is 0 Å². The van der Waals surface area contributed by atoms with Crippen LogP contribution in [0.25, 0.3) is 0 Å². The van der Waals surface area contributed by atoms with Gasteiger partial charge in [-0.1, -0.05) is 17.7 Å². The van der Waals surface area contributed by atoms with Crippen molar-refractivity contribution >= 4 is 23.3 Å². The summed E-state index contributed by atoms with van der Waals surface area (Å²) in [6.45, 7) is 0.523. The van der Waals surface area contributed by atoms with Crippen LogP contribution in [0.4, 0.5) is 14.9 Å². The van der Waals surface area contributed by atoms with E-state index >= 15 is 0 Å². The second kappa shape index (κ2) is 6.11. The lowest BCUT2D eigenvalue weighted by molar-refractivity contribution is 0.174. The molecule has 1 aliphatic rings. The van der Waals surface area contributed by atoms with Crippen molar-refractivity contribution in [1.29, 1.82) is 0 Å². The summed E-state index contributed by atoms with van der Waals surface area (Å²) in [5, 5.41) is 5.22. The van der Waals surface area contributed by atoms with E-state index in [1.165, 1.54) is 18.2 Å². The van der Waals surface area contributed by atoms with Crippen LogP contribution in [0.15, 0.2) is 36.4 Å². The van der Waals surface area contributed by atoms with Crippen molar-refractivity contribution in [1.82, 2.24) is 5.32 Å². The van der Waals surface area contributed by atoms with Gasteiger partial charge < -0.3 is 20.1 Å². The first kappa shape index (κ1) is 14.5. The van der Waals surface area contributed by atoms with E-state index in [9.17, 15) is 9.18 Å². The monoisotopic (exact) mass is 322 g/mol. The minimum absolute atomic E-state index is 0.0476. The summed E-state index contributed by atoms with van der Waals surface area (Å²) in [5.41, 5.74) is 1.28. The fraction of sp³-hybridized carbons (Fsp3) is 0.133. The van der Waals surface area contributed by atoms with Crippen LogP contribution < -0.4 is 20.1 Å². The number of hydrogen-bond donors (Lipinski definition) is 2. The van der Waals surface area contributed by atoms with E-state index in [4.69, 9.17) is 21.1 Å². The predicted octanol–water partition coefficient (Wildman–Crippen LogP) is 3.53. The predicted molar refractivity (Wildman–Crippen MR) is 79.8 cm³/mol. The lowest BCUT2D eigenvalue weighted by Crippen LogP contribution is -2.28. The number of rotatable bonds is 3. The molecule has 2 aromatic carbocycles. The zero-order valence-corrected chi connectivity index (χ0v) is 12.1. The lowest BCUT2D eigenvalue weighted by atomic mass is 10.2. The first-order valence-electron chi connectivity index (χ1n) is 6.50. The lowest BCUT2D eigenvalue weighted by Gasteiger charge is -2.08. The number of nitrogens with one attached hydrogen (secondary N) is 2. The van der Waals surface area contributed by atoms with Crippen LogP contribution in [-0.4, -0.2) is 12.8 Å². The SMILES string of the molecule is O=C(NCc1ccc2c(c1)OCO2)Nc1ccc(F)c(Cl)c1. The van der Waals surface area contributed by atoms with Gasteiger partial charge in [0.05, 0.1) is 5.02 Å². The van der Waals surface area contributed by atoms with E-state index in [0.29, 0.717) is 23.7 Å². The molecular weight excluding hydrogens is 311 g/mol. The van der Waals surface area contributed by atoms with Crippen molar-refractivity contribution in [2.75, 3.05) is 12.1 Å². The van der Waals surface area contributed by atoms with Gasteiger partial charge in [-0.15, -0.1) is 0 Å². The summed E-state index contributed by atoms with van der Waals surface area (Å²) in [4.78, 5) is 11.8. The van der Waals surface area contributed by atoms with Gasteiger partial charge in [0.15, 0.2) is 11.5 Å². The molecule has 1 aliphatic heterocycles. The molecule has 0 saturated heterocycles. The third-order valence-electron chi connectivity index (χ3n) is 3.07. The highest BCUT2D eigenvalue weighted by Gasteiger charge is 2.13. The number of urea groups is 1. The molecule has 0 aliphatic carbocycles. The highest BCUT2D eigenvalue weighted by atomic mass is 35.5. The van der Waals surface area contributed by atoms with E-state index in [1.807, 2.05) is 6.07 Å². The van der Waals surface area contributed by atoms with Crippen LogP contribution in [0.3, 0.4) is 0 Å². The highest BCUT2D eigenvalue weighted by Crippen LogP contribution is 2.32. The largest absolute Gasteiger partial charge is 0.454 e. The van der Waals surface area contributed by atoms with Crippen molar-refractivity contribution in [3.63, 3.8) is 0 Å². The molecule has 0 bridgehead atoms. The molecule has 0 atom stereocenters. The van der Waals surface area contributed by atoms with Crippen LogP contribution in [-0.2, 0) is 6.54 Å². The molecule has 0 aromatic heterocycles. The number of amides is 2. The minimum atomic E-state index is -0.534. The van der Waals surface area contributed by atoms with Gasteiger partial charge in [-0.25, -0.2) is 9.18 Å². The topological polar surface area (TPSA) is 59.6 Å². The Labute approximate surface area is 131 Å². The van der Waals surface area contributed by atoms with Gasteiger partial charge in [-0.2, -0.15) is 0 Å². The Bertz CT molecular complexity index is 724. The summed E-state index contributed by atoms with van der Waals surface area (Å²) < 4.78 is 23.5. The maximum absolute atomic E-state index is 13.0. The van der Waals surface area contributed by atoms with Crippen molar-refractivity contribution in [2.45, 2.75) is 6.54 Å². The van der Waals surface area contributed by atoms with Crippen LogP contribution in [0.5, 0.6) is 11.5 Å². The molecule has 2 aromatic rings. The second-order valence-electron chi connectivity index (χ2n) is 4.62. The Kier molecular flexibility index (Phi) is 4.02. The molecule has 1 heterocycles. The molecule has 5 nitrogen and oxygen atoms in total. The number of carbonyl (C=O) groups excluding carboxylic acids is 1. The van der Waals surface area contributed by atoms with Crippen LogP contribution in [0.2, 0.25) is 5.02 Å². The van der Waals surface area contributed by atoms with Gasteiger partial charge in [0.25, 0.3) is 0 Å². The number of anilines is 1. The maximum Gasteiger partial charge on any atom is 0.319 e. The number of ether oxygens (including phenoxy) is 2. The normalized spacial score (nSPS) is 12.1. The summed E-state index contributed by atoms with van der Waals surface area (Å²) >= 11 is 5.65. The van der Waals surface area contributed by atoms with Gasteiger partial charge in [0.2, 0.25) is 6.79 Å². The van der Waals surface area contributed by atoms with Crippen LogP contribution >= 0.6 is 11.6 Å². The third-order valence-corrected chi connectivity index (χ3v) is 3.36. The number of fused-ring (bicyclic) bond motifs is 1. The number of halogens is 2. The Morgan fingerprint density at radius 3 is 2.82 bits per heavy atom. The summed E-state index contributed by atoms with van der Waals surface area (Å²) in [7, 11) is 0. The van der Waals surface area contributed by atoms with Gasteiger partial charge in [0.1, 0.15) is 5.82 Å². The summed E-state index contributed by atoms with van der Waals surface area (Å²) in [6, 6.07) is 8.98. The molecule has 0 spiro atoms. The van der Waals surface area contributed by atoms with Crippen LogP contribution in [0.1, 0.15) is 5.56 Å². The Morgan fingerprint density at radius 1 is 1.18 bits per heavy atom. The zero-order valence-electron chi connectivity index (χ0n) is 11.4. The minimum Gasteiger partial charge on any atom is -0.454 e. The van der Waals surface area contributed by atoms with E-state index in [2.05, 4.69) is 10.6 Å². The van der Waals surface area contributed by atoms with Crippen molar-refractivity contribution in [3.8, 4) is 11.5 Å². The Hall–Kier alpha value is -2.47. The molecule has 2 amide bonds. The van der Waals surface area contributed by atoms with Crippen molar-refractivity contribution < 1.29 is 18.7 Å². The molecule has 3 rings (SSSR count). The number of carbonyl (C=O) groups is 1. The molecule has 114 valence electrons. The highest BCUT2D eigenvalue weighted by molar-refractivity contribution is 6.31. The molecule has 2 N–H and O–H groups in total. The van der Waals surface area contributed by atoms with Crippen molar-refractivity contribution in [2.24, 2.45) is 0 Å². The average molecular weight is 323 g/mol. The van der Waals surface area contributed by atoms with Crippen molar-refractivity contribution in [3.05, 3.63) is 52.8 Å². The molecule has 0 fully saturated rings. The van der Waals surface area contributed by atoms with Gasteiger partial charge in [-0.05, 0) is 35.9 Å². The summed E-state index contributed by atoms with van der Waals surface area (Å²) in [6.07, 6.45) is 0. The molecule has 0 saturated carbocycles. The van der Waals surface area contributed by atoms with E-state index in [1.54, 1.807) is 12.1 Å². The number of benzene rings is 2. The Balaban J connectivity index is 1.57. The van der Waals surface area contributed by atoms with Gasteiger partial charge in [0, 0.05) is 12.2 Å². The second-order valence-corrected chi connectivity index (χ2v) is 5.03. The standard InChI is InChI=1S/C15H12ClFN2O3/c16-11-6-10(2-3-12(11)17)19-15(20)18-7-9-1-4-13-14(5-9)22-8-21-13/h1-6H,7-8H2,(H2,18,19,20). The molecular formula is C15H12ClFN2O3. The Morgan fingerprint density at radius 2 is 2.00 bits per heavy atom. The molecule has 22 heavy (non-hydrogen) atoms. The number of hydrogen-bond acceptors (Lipinski definition) is 3. The molecule has 7 heteroatoms. The maximum atomic E-state index is 13.0. The smallest absolute Gasteiger partial charge is 0.319 e. The average Bonchev–Trinajstić information content (AvgIpc) is 2.96. The fourth-order valence-electron chi connectivity index (χ4n) is 1.98. The first-order valence-corrected chi connectivity index (χ1v) is 6.88. The quantitative estimate of drug-likeness (QED) is 0.909. The molecule has 0 radical (unpaired) electrons. The third kappa shape index (κ3) is 3.23.